The van der Waals surface area contributed by atoms with E-state index < -0.39 is 0 Å². The highest BCUT2D eigenvalue weighted by molar-refractivity contribution is 5.76. The van der Waals surface area contributed by atoms with Crippen LogP contribution >= 0.6 is 0 Å². The zero-order valence-corrected chi connectivity index (χ0v) is 12.3. The Labute approximate surface area is 120 Å². The monoisotopic (exact) mass is 276 g/mol. The van der Waals surface area contributed by atoms with Crippen LogP contribution in [0.4, 0.5) is 0 Å². The molecule has 0 bridgehead atoms. The maximum atomic E-state index is 11.6. The fourth-order valence-corrected chi connectivity index (χ4v) is 2.50. The minimum absolute atomic E-state index is 0.118. The smallest absolute Gasteiger partial charge is 0.221 e. The van der Waals surface area contributed by atoms with Gasteiger partial charge in [-0.2, -0.15) is 0 Å². The fourth-order valence-electron chi connectivity index (χ4n) is 2.50. The van der Waals surface area contributed by atoms with E-state index in [-0.39, 0.29) is 11.9 Å². The molecule has 4 nitrogen and oxygen atoms in total. The van der Waals surface area contributed by atoms with Crippen molar-refractivity contribution >= 4 is 5.91 Å². The molecule has 0 saturated heterocycles. The third kappa shape index (κ3) is 3.73. The summed E-state index contributed by atoms with van der Waals surface area (Å²) in [5, 5.41) is 6.39. The number of amides is 1. The minimum Gasteiger partial charge on any atom is -0.493 e. The Morgan fingerprint density at radius 3 is 2.95 bits per heavy atom. The summed E-state index contributed by atoms with van der Waals surface area (Å²) >= 11 is 0. The number of para-hydroxylation sites is 1. The number of hydrogen-bond donors (Lipinski definition) is 2. The lowest BCUT2D eigenvalue weighted by Crippen LogP contribution is -2.36. The zero-order valence-electron chi connectivity index (χ0n) is 12.3. The first-order valence-corrected chi connectivity index (χ1v) is 7.44. The van der Waals surface area contributed by atoms with Crippen molar-refractivity contribution in [2.45, 2.75) is 32.7 Å². The standard InChI is InChI=1S/C16H24N2O2/c1-3-9-17-15(19)8-10-18-16-12(2)11-20-14-7-5-4-6-13(14)16/h4-7,12,16,18H,3,8-11H2,1-2H3,(H,17,19). The first kappa shape index (κ1) is 14.9. The lowest BCUT2D eigenvalue weighted by Gasteiger charge is -2.32. The van der Waals surface area contributed by atoms with Crippen molar-refractivity contribution in [1.29, 1.82) is 0 Å². The number of ether oxygens (including phenoxy) is 1. The molecule has 0 aliphatic carbocycles. The van der Waals surface area contributed by atoms with Crippen LogP contribution in [0, 0.1) is 5.92 Å². The van der Waals surface area contributed by atoms with Crippen LogP contribution in [0.5, 0.6) is 5.75 Å². The number of hydrogen-bond acceptors (Lipinski definition) is 3. The molecule has 20 heavy (non-hydrogen) atoms. The van der Waals surface area contributed by atoms with Crippen molar-refractivity contribution in [1.82, 2.24) is 10.6 Å². The van der Waals surface area contributed by atoms with E-state index in [0.717, 1.165) is 25.3 Å². The Hall–Kier alpha value is -1.55. The summed E-state index contributed by atoms with van der Waals surface area (Å²) in [6, 6.07) is 8.38. The number of benzene rings is 1. The molecule has 4 heteroatoms. The van der Waals surface area contributed by atoms with Gasteiger partial charge < -0.3 is 15.4 Å². The Morgan fingerprint density at radius 1 is 1.35 bits per heavy atom. The number of carbonyl (C=O) groups is 1. The summed E-state index contributed by atoms with van der Waals surface area (Å²) in [6.07, 6.45) is 1.50. The number of fused-ring (bicyclic) bond motifs is 1. The van der Waals surface area contributed by atoms with Crippen LogP contribution in [0.15, 0.2) is 24.3 Å². The molecule has 0 saturated carbocycles. The molecule has 1 aromatic carbocycles. The van der Waals surface area contributed by atoms with Gasteiger partial charge in [0.05, 0.1) is 6.61 Å². The summed E-state index contributed by atoms with van der Waals surface area (Å²) in [5.41, 5.74) is 1.19. The minimum atomic E-state index is 0.118. The van der Waals surface area contributed by atoms with Crippen LogP contribution in [0.25, 0.3) is 0 Å². The Kier molecular flexibility index (Phi) is 5.41. The van der Waals surface area contributed by atoms with E-state index in [9.17, 15) is 4.79 Å². The van der Waals surface area contributed by atoms with E-state index in [4.69, 9.17) is 4.74 Å². The molecule has 0 spiro atoms. The predicted molar refractivity (Wildman–Crippen MR) is 79.8 cm³/mol. The Balaban J connectivity index is 1.87. The van der Waals surface area contributed by atoms with Gasteiger partial charge in [0.25, 0.3) is 0 Å². The molecule has 1 aliphatic heterocycles. The first-order chi connectivity index (χ1) is 9.72. The normalized spacial score (nSPS) is 20.9. The molecule has 0 radical (unpaired) electrons. The largest absolute Gasteiger partial charge is 0.493 e. The highest BCUT2D eigenvalue weighted by atomic mass is 16.5. The summed E-state index contributed by atoms with van der Waals surface area (Å²) in [7, 11) is 0. The van der Waals surface area contributed by atoms with Crippen LogP contribution in [-0.4, -0.2) is 25.6 Å². The van der Waals surface area contributed by atoms with Crippen LogP contribution < -0.4 is 15.4 Å². The average Bonchev–Trinajstić information content (AvgIpc) is 2.47. The van der Waals surface area contributed by atoms with Gasteiger partial charge in [-0.05, 0) is 12.5 Å². The van der Waals surface area contributed by atoms with Gasteiger partial charge in [0, 0.05) is 37.0 Å². The van der Waals surface area contributed by atoms with Crippen LogP contribution in [0.1, 0.15) is 38.3 Å². The molecule has 1 aliphatic rings. The van der Waals surface area contributed by atoms with Crippen LogP contribution in [-0.2, 0) is 4.79 Å². The average molecular weight is 276 g/mol. The molecule has 1 aromatic rings. The van der Waals surface area contributed by atoms with E-state index >= 15 is 0 Å². The van der Waals surface area contributed by atoms with E-state index in [2.05, 4.69) is 30.5 Å². The van der Waals surface area contributed by atoms with Crippen molar-refractivity contribution in [3.8, 4) is 5.75 Å². The van der Waals surface area contributed by atoms with Gasteiger partial charge in [-0.1, -0.05) is 32.0 Å². The summed E-state index contributed by atoms with van der Waals surface area (Å²) < 4.78 is 5.73. The molecule has 2 rings (SSSR count). The molecule has 110 valence electrons. The van der Waals surface area contributed by atoms with E-state index in [1.54, 1.807) is 0 Å². The number of rotatable bonds is 6. The molecule has 2 atom stereocenters. The second-order valence-electron chi connectivity index (χ2n) is 5.36. The van der Waals surface area contributed by atoms with Crippen LogP contribution in [0.3, 0.4) is 0 Å². The van der Waals surface area contributed by atoms with E-state index in [1.165, 1.54) is 5.56 Å². The topological polar surface area (TPSA) is 50.4 Å². The van der Waals surface area contributed by atoms with Gasteiger partial charge in [0.2, 0.25) is 5.91 Å². The number of carbonyl (C=O) groups excluding carboxylic acids is 1. The van der Waals surface area contributed by atoms with Gasteiger partial charge in [0.15, 0.2) is 0 Å². The molecule has 1 amide bonds. The summed E-state index contributed by atoms with van der Waals surface area (Å²) in [6.45, 7) is 6.40. The third-order valence-corrected chi connectivity index (χ3v) is 3.61. The van der Waals surface area contributed by atoms with E-state index in [1.807, 2.05) is 18.2 Å². The lowest BCUT2D eigenvalue weighted by atomic mass is 9.92. The zero-order chi connectivity index (χ0) is 14.4. The fraction of sp³-hybridized carbons (Fsp3) is 0.562. The van der Waals surface area contributed by atoms with Crippen LogP contribution in [0.2, 0.25) is 0 Å². The first-order valence-electron chi connectivity index (χ1n) is 7.44. The molecule has 0 fully saturated rings. The Morgan fingerprint density at radius 2 is 2.15 bits per heavy atom. The maximum absolute atomic E-state index is 11.6. The van der Waals surface area contributed by atoms with Gasteiger partial charge in [-0.25, -0.2) is 0 Å². The van der Waals surface area contributed by atoms with Crippen molar-refractivity contribution in [2.75, 3.05) is 19.7 Å². The highest BCUT2D eigenvalue weighted by Crippen LogP contribution is 2.34. The maximum Gasteiger partial charge on any atom is 0.221 e. The van der Waals surface area contributed by atoms with Gasteiger partial charge >= 0.3 is 0 Å². The van der Waals surface area contributed by atoms with Crippen molar-refractivity contribution in [3.05, 3.63) is 29.8 Å². The van der Waals surface area contributed by atoms with Crippen molar-refractivity contribution < 1.29 is 9.53 Å². The van der Waals surface area contributed by atoms with Gasteiger partial charge in [-0.3, -0.25) is 4.79 Å². The SMILES string of the molecule is CCCNC(=O)CCNC1c2ccccc2OCC1C. The van der Waals surface area contributed by atoms with Gasteiger partial charge in [0.1, 0.15) is 5.75 Å². The second kappa shape index (κ2) is 7.29. The summed E-state index contributed by atoms with van der Waals surface area (Å²) in [4.78, 5) is 11.6. The quantitative estimate of drug-likeness (QED) is 0.838. The molecular weight excluding hydrogens is 252 g/mol. The lowest BCUT2D eigenvalue weighted by molar-refractivity contribution is -0.121. The molecule has 0 aromatic heterocycles. The van der Waals surface area contributed by atoms with Crippen molar-refractivity contribution in [3.63, 3.8) is 0 Å². The molecule has 2 unspecified atom stereocenters. The van der Waals surface area contributed by atoms with Crippen molar-refractivity contribution in [2.24, 2.45) is 5.92 Å². The summed E-state index contributed by atoms with van der Waals surface area (Å²) in [5.74, 6) is 1.48. The molecule has 2 N–H and O–H groups in total. The third-order valence-electron chi connectivity index (χ3n) is 3.61. The predicted octanol–water partition coefficient (Wildman–Crippen LogP) is 2.26. The number of nitrogens with one attached hydrogen (secondary N) is 2. The second-order valence-corrected chi connectivity index (χ2v) is 5.36. The Bertz CT molecular complexity index is 448. The molecular formula is C16H24N2O2. The van der Waals surface area contributed by atoms with Gasteiger partial charge in [-0.15, -0.1) is 0 Å². The van der Waals surface area contributed by atoms with E-state index in [0.29, 0.717) is 18.9 Å². The highest BCUT2D eigenvalue weighted by Gasteiger charge is 2.27. The molecule has 1 heterocycles.